The van der Waals surface area contributed by atoms with Crippen LogP contribution in [0.15, 0.2) is 36.0 Å². The Kier molecular flexibility index (Phi) is 2.61. The second kappa shape index (κ2) is 3.90. The molecule has 1 unspecified atom stereocenters. The van der Waals surface area contributed by atoms with Gasteiger partial charge in [-0.15, -0.1) is 11.3 Å². The first-order valence-electron chi connectivity index (χ1n) is 4.48. The van der Waals surface area contributed by atoms with Gasteiger partial charge >= 0.3 is 0 Å². The minimum absolute atomic E-state index is 0.0388. The average molecular weight is 204 g/mol. The quantitative estimate of drug-likeness (QED) is 0.816. The molecule has 2 N–H and O–H groups in total. The number of nitrogens with two attached hydrogens (primary N) is 1. The van der Waals surface area contributed by atoms with Crippen molar-refractivity contribution in [1.82, 2.24) is 4.98 Å². The highest BCUT2D eigenvalue weighted by Crippen LogP contribution is 2.22. The number of hydrogen-bond acceptors (Lipinski definition) is 3. The molecule has 0 spiro atoms. The summed E-state index contributed by atoms with van der Waals surface area (Å²) in [5.41, 5.74) is 10.3. The number of hydrogen-bond donors (Lipinski definition) is 1. The van der Waals surface area contributed by atoms with Crippen LogP contribution in [0.2, 0.25) is 0 Å². The summed E-state index contributed by atoms with van der Waals surface area (Å²) < 4.78 is 0. The number of thiazole rings is 1. The standard InChI is InChI=1S/C11H12N2S/c1-8-2-4-9(5-3-8)11(12)10-6-13-7-14-10/h2-7,11H,12H2,1H3. The largest absolute Gasteiger partial charge is 0.320 e. The molecule has 0 saturated carbocycles. The molecule has 0 aliphatic carbocycles. The molecule has 14 heavy (non-hydrogen) atoms. The van der Waals surface area contributed by atoms with Gasteiger partial charge in [-0.25, -0.2) is 0 Å². The number of nitrogens with zero attached hydrogens (tertiary/aromatic N) is 1. The third-order valence-electron chi connectivity index (χ3n) is 2.19. The van der Waals surface area contributed by atoms with Crippen LogP contribution in [0.3, 0.4) is 0 Å². The third-order valence-corrected chi connectivity index (χ3v) is 3.05. The summed E-state index contributed by atoms with van der Waals surface area (Å²) >= 11 is 1.59. The Hall–Kier alpha value is -1.19. The minimum Gasteiger partial charge on any atom is -0.320 e. The molecule has 0 saturated heterocycles. The topological polar surface area (TPSA) is 38.9 Å². The summed E-state index contributed by atoms with van der Waals surface area (Å²) in [6.45, 7) is 2.07. The zero-order valence-corrected chi connectivity index (χ0v) is 8.79. The van der Waals surface area contributed by atoms with Crippen LogP contribution in [0.5, 0.6) is 0 Å². The smallest absolute Gasteiger partial charge is 0.0794 e. The van der Waals surface area contributed by atoms with Crippen LogP contribution < -0.4 is 5.73 Å². The predicted octanol–water partition coefficient (Wildman–Crippen LogP) is 2.50. The lowest BCUT2D eigenvalue weighted by atomic mass is 10.1. The molecular weight excluding hydrogens is 192 g/mol. The molecule has 0 aliphatic heterocycles. The molecule has 2 aromatic rings. The normalized spacial score (nSPS) is 12.7. The van der Waals surface area contributed by atoms with Gasteiger partial charge in [-0.1, -0.05) is 29.8 Å². The van der Waals surface area contributed by atoms with Crippen molar-refractivity contribution in [3.8, 4) is 0 Å². The van der Waals surface area contributed by atoms with Gasteiger partial charge in [0, 0.05) is 11.1 Å². The molecule has 1 heterocycles. The van der Waals surface area contributed by atoms with E-state index < -0.39 is 0 Å². The zero-order valence-electron chi connectivity index (χ0n) is 7.97. The van der Waals surface area contributed by atoms with Crippen LogP contribution >= 0.6 is 11.3 Å². The van der Waals surface area contributed by atoms with Gasteiger partial charge in [-0.05, 0) is 12.5 Å². The van der Waals surface area contributed by atoms with Crippen molar-refractivity contribution in [2.24, 2.45) is 5.73 Å². The maximum absolute atomic E-state index is 6.08. The molecule has 1 atom stereocenters. The first kappa shape index (κ1) is 9.37. The van der Waals surface area contributed by atoms with E-state index in [0.717, 1.165) is 10.4 Å². The van der Waals surface area contributed by atoms with E-state index in [2.05, 4.69) is 36.2 Å². The molecular formula is C11H12N2S. The lowest BCUT2D eigenvalue weighted by molar-refractivity contribution is 0.888. The van der Waals surface area contributed by atoms with Crippen LogP contribution in [-0.2, 0) is 0 Å². The van der Waals surface area contributed by atoms with E-state index in [0.29, 0.717) is 0 Å². The van der Waals surface area contributed by atoms with Gasteiger partial charge in [0.25, 0.3) is 0 Å². The molecule has 0 bridgehead atoms. The minimum atomic E-state index is -0.0388. The lowest BCUT2D eigenvalue weighted by Gasteiger charge is -2.09. The highest BCUT2D eigenvalue weighted by atomic mass is 32.1. The maximum Gasteiger partial charge on any atom is 0.0794 e. The van der Waals surface area contributed by atoms with Crippen molar-refractivity contribution in [2.45, 2.75) is 13.0 Å². The molecule has 1 aromatic heterocycles. The Bertz CT molecular complexity index is 392. The van der Waals surface area contributed by atoms with Crippen molar-refractivity contribution in [3.63, 3.8) is 0 Å². The molecule has 2 nitrogen and oxygen atoms in total. The van der Waals surface area contributed by atoms with Crippen molar-refractivity contribution in [1.29, 1.82) is 0 Å². The third kappa shape index (κ3) is 1.84. The maximum atomic E-state index is 6.08. The molecule has 0 fully saturated rings. The van der Waals surface area contributed by atoms with Crippen molar-refractivity contribution in [3.05, 3.63) is 52.0 Å². The molecule has 0 amide bonds. The van der Waals surface area contributed by atoms with E-state index in [1.807, 2.05) is 11.7 Å². The van der Waals surface area contributed by atoms with Crippen molar-refractivity contribution >= 4 is 11.3 Å². The Morgan fingerprint density at radius 3 is 2.57 bits per heavy atom. The monoisotopic (exact) mass is 204 g/mol. The molecule has 2 rings (SSSR count). The Balaban J connectivity index is 2.28. The van der Waals surface area contributed by atoms with Gasteiger partial charge in [0.1, 0.15) is 0 Å². The fourth-order valence-corrected chi connectivity index (χ4v) is 1.97. The summed E-state index contributed by atoms with van der Waals surface area (Å²) in [6, 6.07) is 8.26. The van der Waals surface area contributed by atoms with E-state index in [-0.39, 0.29) is 6.04 Å². The van der Waals surface area contributed by atoms with Crippen LogP contribution in [0, 0.1) is 6.92 Å². The van der Waals surface area contributed by atoms with Crippen LogP contribution in [0.4, 0.5) is 0 Å². The summed E-state index contributed by atoms with van der Waals surface area (Å²) in [5, 5.41) is 0. The molecule has 0 radical (unpaired) electrons. The first-order chi connectivity index (χ1) is 6.77. The van der Waals surface area contributed by atoms with Crippen LogP contribution in [-0.4, -0.2) is 4.98 Å². The fourth-order valence-electron chi connectivity index (χ4n) is 1.32. The van der Waals surface area contributed by atoms with E-state index in [1.165, 1.54) is 5.56 Å². The number of aryl methyl sites for hydroxylation is 1. The molecule has 1 aromatic carbocycles. The summed E-state index contributed by atoms with van der Waals surface area (Å²) in [7, 11) is 0. The van der Waals surface area contributed by atoms with Gasteiger partial charge in [0.2, 0.25) is 0 Å². The summed E-state index contributed by atoms with van der Waals surface area (Å²) in [6.07, 6.45) is 1.83. The highest BCUT2D eigenvalue weighted by Gasteiger charge is 2.09. The van der Waals surface area contributed by atoms with Crippen molar-refractivity contribution in [2.75, 3.05) is 0 Å². The second-order valence-corrected chi connectivity index (χ2v) is 4.21. The highest BCUT2D eigenvalue weighted by molar-refractivity contribution is 7.09. The molecule has 72 valence electrons. The number of benzene rings is 1. The number of rotatable bonds is 2. The molecule has 0 aliphatic rings. The van der Waals surface area contributed by atoms with E-state index in [9.17, 15) is 0 Å². The van der Waals surface area contributed by atoms with Gasteiger partial charge in [-0.2, -0.15) is 0 Å². The van der Waals surface area contributed by atoms with Gasteiger partial charge in [0.15, 0.2) is 0 Å². The Labute approximate surface area is 87.4 Å². The van der Waals surface area contributed by atoms with Gasteiger partial charge < -0.3 is 5.73 Å². The van der Waals surface area contributed by atoms with E-state index in [1.54, 1.807) is 11.3 Å². The van der Waals surface area contributed by atoms with Crippen molar-refractivity contribution < 1.29 is 0 Å². The van der Waals surface area contributed by atoms with Gasteiger partial charge in [0.05, 0.1) is 11.6 Å². The van der Waals surface area contributed by atoms with Gasteiger partial charge in [-0.3, -0.25) is 4.98 Å². The van der Waals surface area contributed by atoms with Crippen LogP contribution in [0.25, 0.3) is 0 Å². The summed E-state index contributed by atoms with van der Waals surface area (Å²) in [4.78, 5) is 5.13. The average Bonchev–Trinajstić information content (AvgIpc) is 2.71. The first-order valence-corrected chi connectivity index (χ1v) is 5.36. The zero-order chi connectivity index (χ0) is 9.97. The predicted molar refractivity (Wildman–Crippen MR) is 59.3 cm³/mol. The number of aromatic nitrogens is 1. The SMILES string of the molecule is Cc1ccc(C(N)c2cncs2)cc1. The molecule has 3 heteroatoms. The lowest BCUT2D eigenvalue weighted by Crippen LogP contribution is -2.09. The second-order valence-electron chi connectivity index (χ2n) is 3.29. The Morgan fingerprint density at radius 2 is 2.00 bits per heavy atom. The Morgan fingerprint density at radius 1 is 1.29 bits per heavy atom. The van der Waals surface area contributed by atoms with E-state index >= 15 is 0 Å². The van der Waals surface area contributed by atoms with E-state index in [4.69, 9.17) is 5.73 Å². The fraction of sp³-hybridized carbons (Fsp3) is 0.182. The summed E-state index contributed by atoms with van der Waals surface area (Å²) in [5.74, 6) is 0. The van der Waals surface area contributed by atoms with Crippen LogP contribution in [0.1, 0.15) is 22.0 Å².